The van der Waals surface area contributed by atoms with Gasteiger partial charge in [0.05, 0.1) is 14.2 Å². The van der Waals surface area contributed by atoms with Crippen LogP contribution in [0.4, 0.5) is 0 Å². The lowest BCUT2D eigenvalue weighted by molar-refractivity contribution is 0.104. The van der Waals surface area contributed by atoms with E-state index < -0.39 is 17.3 Å². The van der Waals surface area contributed by atoms with Crippen molar-refractivity contribution >= 4 is 11.9 Å². The number of carbonyl (C=O) groups excluding carboxylic acids is 1. The van der Waals surface area contributed by atoms with E-state index in [2.05, 4.69) is 0 Å². The number of rotatable bonds is 5. The smallest absolute Gasteiger partial charge is 0.193 e. The highest BCUT2D eigenvalue weighted by atomic mass is 16.5. The summed E-state index contributed by atoms with van der Waals surface area (Å²) in [6.07, 6.45) is 2.76. The van der Waals surface area contributed by atoms with Gasteiger partial charge >= 0.3 is 0 Å². The quantitative estimate of drug-likeness (QED) is 0.569. The highest BCUT2D eigenvalue weighted by Crippen LogP contribution is 2.41. The summed E-state index contributed by atoms with van der Waals surface area (Å²) < 4.78 is 10.3. The third-order valence-electron chi connectivity index (χ3n) is 3.98. The molecule has 0 radical (unpaired) electrons. The second-order valence-corrected chi connectivity index (χ2v) is 5.48. The van der Waals surface area contributed by atoms with E-state index in [1.807, 2.05) is 0 Å². The lowest BCUT2D eigenvalue weighted by Crippen LogP contribution is -1.99. The summed E-state index contributed by atoms with van der Waals surface area (Å²) in [4.78, 5) is 12.4. The summed E-state index contributed by atoms with van der Waals surface area (Å²) in [7, 11) is 3.03. The van der Waals surface area contributed by atoms with E-state index in [1.165, 1.54) is 40.2 Å². The minimum absolute atomic E-state index is 0.137. The number of benzene rings is 2. The van der Waals surface area contributed by atoms with Crippen LogP contribution in [0.5, 0.6) is 28.7 Å². The van der Waals surface area contributed by atoms with Gasteiger partial charge in [0, 0.05) is 11.1 Å². The van der Waals surface area contributed by atoms with Crippen molar-refractivity contribution in [3.8, 4) is 28.7 Å². The van der Waals surface area contributed by atoms with E-state index >= 15 is 0 Å². The number of allylic oxidation sites excluding steroid dienone is 1. The molecule has 2 aromatic rings. The highest BCUT2D eigenvalue weighted by Gasteiger charge is 2.22. The van der Waals surface area contributed by atoms with Gasteiger partial charge in [0.25, 0.3) is 0 Å². The maximum absolute atomic E-state index is 12.4. The zero-order valence-corrected chi connectivity index (χ0v) is 14.5. The SMILES string of the molecule is COc1ccc(/C=C/C(=O)c2c(O)c(C)c(O)c(C)c2O)cc1OC. The van der Waals surface area contributed by atoms with Gasteiger partial charge in [0.15, 0.2) is 17.3 Å². The fourth-order valence-corrected chi connectivity index (χ4v) is 2.44. The number of hydrogen-bond acceptors (Lipinski definition) is 6. The van der Waals surface area contributed by atoms with E-state index in [-0.39, 0.29) is 22.4 Å². The fraction of sp³-hybridized carbons (Fsp3) is 0.211. The van der Waals surface area contributed by atoms with Crippen molar-refractivity contribution in [1.29, 1.82) is 0 Å². The average Bonchev–Trinajstić information content (AvgIpc) is 2.62. The van der Waals surface area contributed by atoms with Crippen LogP contribution in [0.25, 0.3) is 6.08 Å². The summed E-state index contributed by atoms with van der Waals surface area (Å²) in [5, 5.41) is 30.0. The van der Waals surface area contributed by atoms with Crippen LogP contribution in [0.1, 0.15) is 27.0 Å². The molecule has 0 amide bonds. The Labute approximate surface area is 145 Å². The Morgan fingerprint density at radius 3 is 2.00 bits per heavy atom. The predicted octanol–water partition coefficient (Wildman–Crippen LogP) is 3.33. The molecule has 0 saturated carbocycles. The first-order valence-corrected chi connectivity index (χ1v) is 7.50. The number of ether oxygens (including phenoxy) is 2. The molecule has 0 aliphatic rings. The Balaban J connectivity index is 2.39. The monoisotopic (exact) mass is 344 g/mol. The van der Waals surface area contributed by atoms with Gasteiger partial charge in [-0.05, 0) is 37.6 Å². The van der Waals surface area contributed by atoms with Gasteiger partial charge in [0.1, 0.15) is 22.8 Å². The summed E-state index contributed by atoms with van der Waals surface area (Å²) in [5.74, 6) is -0.637. The molecule has 2 rings (SSSR count). The summed E-state index contributed by atoms with van der Waals surface area (Å²) in [6.45, 7) is 2.93. The van der Waals surface area contributed by atoms with Crippen LogP contribution in [0.15, 0.2) is 24.3 Å². The number of carbonyl (C=O) groups is 1. The van der Waals surface area contributed by atoms with Gasteiger partial charge in [-0.25, -0.2) is 0 Å². The normalized spacial score (nSPS) is 10.9. The van der Waals surface area contributed by atoms with Gasteiger partial charge in [-0.2, -0.15) is 0 Å². The fourth-order valence-electron chi connectivity index (χ4n) is 2.44. The molecule has 0 spiro atoms. The van der Waals surface area contributed by atoms with Crippen molar-refractivity contribution in [3.63, 3.8) is 0 Å². The van der Waals surface area contributed by atoms with Crippen molar-refractivity contribution in [3.05, 3.63) is 46.5 Å². The molecule has 3 N–H and O–H groups in total. The van der Waals surface area contributed by atoms with E-state index in [0.717, 1.165) is 0 Å². The number of hydrogen-bond donors (Lipinski definition) is 3. The van der Waals surface area contributed by atoms with Crippen LogP contribution in [0, 0.1) is 13.8 Å². The maximum Gasteiger partial charge on any atom is 0.193 e. The van der Waals surface area contributed by atoms with Gasteiger partial charge in [-0.3, -0.25) is 4.79 Å². The standard InChI is InChI=1S/C19H20O6/c1-10-17(21)11(2)19(23)16(18(10)22)13(20)7-5-12-6-8-14(24-3)15(9-12)25-4/h5-9,21-23H,1-4H3/b7-5+. The number of ketones is 1. The highest BCUT2D eigenvalue weighted by molar-refractivity contribution is 6.11. The molecule has 6 nitrogen and oxygen atoms in total. The lowest BCUT2D eigenvalue weighted by atomic mass is 9.98. The van der Waals surface area contributed by atoms with E-state index in [0.29, 0.717) is 17.1 Å². The molecule has 0 bridgehead atoms. The summed E-state index contributed by atoms with van der Waals surface area (Å²) in [6, 6.07) is 5.13. The number of phenolic OH excluding ortho intramolecular Hbond substituents is 3. The molecule has 25 heavy (non-hydrogen) atoms. The number of methoxy groups -OCH3 is 2. The van der Waals surface area contributed by atoms with Crippen LogP contribution in [0.2, 0.25) is 0 Å². The average molecular weight is 344 g/mol. The topological polar surface area (TPSA) is 96.2 Å². The molecule has 132 valence electrons. The molecule has 2 aromatic carbocycles. The molecule has 0 saturated heterocycles. The molecule has 0 unspecified atom stereocenters. The second kappa shape index (κ2) is 7.17. The Morgan fingerprint density at radius 1 is 0.920 bits per heavy atom. The molecular weight excluding hydrogens is 324 g/mol. The van der Waals surface area contributed by atoms with Crippen LogP contribution >= 0.6 is 0 Å². The predicted molar refractivity (Wildman–Crippen MR) is 93.8 cm³/mol. The Kier molecular flexibility index (Phi) is 5.22. The molecule has 6 heteroatoms. The first kappa shape index (κ1) is 18.2. The van der Waals surface area contributed by atoms with Crippen LogP contribution in [0.3, 0.4) is 0 Å². The van der Waals surface area contributed by atoms with Gasteiger partial charge in [0.2, 0.25) is 0 Å². The first-order chi connectivity index (χ1) is 11.8. The van der Waals surface area contributed by atoms with Crippen LogP contribution in [-0.2, 0) is 0 Å². The van der Waals surface area contributed by atoms with Crippen molar-refractivity contribution in [2.24, 2.45) is 0 Å². The molecule has 0 atom stereocenters. The van der Waals surface area contributed by atoms with Gasteiger partial charge in [-0.1, -0.05) is 12.1 Å². The Morgan fingerprint density at radius 2 is 1.48 bits per heavy atom. The minimum Gasteiger partial charge on any atom is -0.507 e. The molecule has 0 aliphatic carbocycles. The zero-order valence-electron chi connectivity index (χ0n) is 14.5. The molecule has 0 fully saturated rings. The van der Waals surface area contributed by atoms with Crippen molar-refractivity contribution in [2.75, 3.05) is 14.2 Å². The summed E-state index contributed by atoms with van der Waals surface area (Å²) >= 11 is 0. The van der Waals surface area contributed by atoms with E-state index in [4.69, 9.17) is 9.47 Å². The third kappa shape index (κ3) is 3.38. The molecular formula is C19H20O6. The van der Waals surface area contributed by atoms with E-state index in [1.54, 1.807) is 18.2 Å². The minimum atomic E-state index is -0.587. The summed E-state index contributed by atoms with van der Waals surface area (Å²) in [5.41, 5.74) is 0.707. The third-order valence-corrected chi connectivity index (χ3v) is 3.98. The zero-order chi connectivity index (χ0) is 18.7. The van der Waals surface area contributed by atoms with Gasteiger partial charge < -0.3 is 24.8 Å². The Hall–Kier alpha value is -3.15. The largest absolute Gasteiger partial charge is 0.507 e. The van der Waals surface area contributed by atoms with Gasteiger partial charge in [-0.15, -0.1) is 0 Å². The van der Waals surface area contributed by atoms with Crippen molar-refractivity contribution in [2.45, 2.75) is 13.8 Å². The van der Waals surface area contributed by atoms with Crippen LogP contribution < -0.4 is 9.47 Å². The van der Waals surface area contributed by atoms with Crippen molar-refractivity contribution in [1.82, 2.24) is 0 Å². The Bertz CT molecular complexity index is 822. The second-order valence-electron chi connectivity index (χ2n) is 5.48. The number of aromatic hydroxyl groups is 3. The van der Waals surface area contributed by atoms with E-state index in [9.17, 15) is 20.1 Å². The molecule has 0 aromatic heterocycles. The first-order valence-electron chi connectivity index (χ1n) is 7.50. The molecule has 0 aliphatic heterocycles. The van der Waals surface area contributed by atoms with Crippen molar-refractivity contribution < 1.29 is 29.6 Å². The lowest BCUT2D eigenvalue weighted by Gasteiger charge is -2.12. The van der Waals surface area contributed by atoms with Crippen LogP contribution in [-0.4, -0.2) is 35.3 Å². The maximum atomic E-state index is 12.4. The molecule has 0 heterocycles. The number of phenols is 3.